The van der Waals surface area contributed by atoms with Crippen molar-refractivity contribution in [3.05, 3.63) is 59.2 Å². The number of carbonyl (C=O) groups is 1. The highest BCUT2D eigenvalue weighted by atomic mass is 16.5. The molecule has 0 atom stereocenters. The van der Waals surface area contributed by atoms with Gasteiger partial charge >= 0.3 is 0 Å². The largest absolute Gasteiger partial charge is 0.493 e. The van der Waals surface area contributed by atoms with Crippen LogP contribution < -0.4 is 14.8 Å². The average molecular weight is 413 g/mol. The van der Waals surface area contributed by atoms with Gasteiger partial charge in [0.05, 0.1) is 19.3 Å². The quantitative estimate of drug-likeness (QED) is 0.696. The maximum Gasteiger partial charge on any atom is 0.251 e. The van der Waals surface area contributed by atoms with E-state index in [0.717, 1.165) is 38.0 Å². The van der Waals surface area contributed by atoms with Crippen LogP contribution in [-0.4, -0.2) is 48.3 Å². The van der Waals surface area contributed by atoms with Crippen LogP contribution in [0.2, 0.25) is 0 Å². The molecule has 2 N–H and O–H groups in total. The third-order valence-corrected chi connectivity index (χ3v) is 5.23. The first-order valence-corrected chi connectivity index (χ1v) is 10.6. The molecule has 0 aliphatic carbocycles. The number of aliphatic hydroxyl groups excluding tert-OH is 1. The van der Waals surface area contributed by atoms with Crippen LogP contribution in [0.3, 0.4) is 0 Å². The van der Waals surface area contributed by atoms with Gasteiger partial charge in [-0.15, -0.1) is 0 Å². The van der Waals surface area contributed by atoms with Crippen LogP contribution >= 0.6 is 0 Å². The Bertz CT molecular complexity index is 828. The molecule has 2 aromatic rings. The van der Waals surface area contributed by atoms with E-state index in [9.17, 15) is 9.90 Å². The van der Waals surface area contributed by atoms with Gasteiger partial charge in [0.25, 0.3) is 5.91 Å². The van der Waals surface area contributed by atoms with E-state index in [-0.39, 0.29) is 18.1 Å². The van der Waals surface area contributed by atoms with E-state index in [4.69, 9.17) is 9.47 Å². The molecule has 0 bridgehead atoms. The Labute approximate surface area is 178 Å². The van der Waals surface area contributed by atoms with Gasteiger partial charge in [-0.1, -0.05) is 24.3 Å². The number of benzene rings is 2. The predicted molar refractivity (Wildman–Crippen MR) is 117 cm³/mol. The summed E-state index contributed by atoms with van der Waals surface area (Å²) in [4.78, 5) is 14.9. The lowest BCUT2D eigenvalue weighted by atomic mass is 10.1. The highest BCUT2D eigenvalue weighted by Crippen LogP contribution is 2.29. The normalized spacial score (nSPS) is 15.2. The first-order chi connectivity index (χ1) is 14.4. The Morgan fingerprint density at radius 2 is 1.77 bits per heavy atom. The molecule has 1 amide bonds. The van der Waals surface area contributed by atoms with Crippen LogP contribution in [0, 0.1) is 0 Å². The summed E-state index contributed by atoms with van der Waals surface area (Å²) < 4.78 is 11.1. The van der Waals surface area contributed by atoms with Crippen molar-refractivity contribution in [2.24, 2.45) is 0 Å². The summed E-state index contributed by atoms with van der Waals surface area (Å²) >= 11 is 0. The maximum atomic E-state index is 12.5. The molecule has 0 unspecified atom stereocenters. The Hall–Kier alpha value is -2.57. The smallest absolute Gasteiger partial charge is 0.251 e. The summed E-state index contributed by atoms with van der Waals surface area (Å²) in [5, 5.41) is 12.6. The zero-order valence-electron chi connectivity index (χ0n) is 18.1. The number of nitrogens with one attached hydrogen (secondary N) is 1. The van der Waals surface area contributed by atoms with Gasteiger partial charge in [-0.2, -0.15) is 0 Å². The van der Waals surface area contributed by atoms with Crippen molar-refractivity contribution in [3.8, 4) is 11.5 Å². The second-order valence-corrected chi connectivity index (χ2v) is 8.04. The molecule has 0 spiro atoms. The van der Waals surface area contributed by atoms with Crippen LogP contribution in [0.4, 0.5) is 0 Å². The Kier molecular flexibility index (Phi) is 7.71. The second-order valence-electron chi connectivity index (χ2n) is 8.04. The fourth-order valence-electron chi connectivity index (χ4n) is 3.54. The molecule has 3 rings (SSSR count). The van der Waals surface area contributed by atoms with E-state index in [2.05, 4.69) is 34.5 Å². The van der Waals surface area contributed by atoms with E-state index < -0.39 is 0 Å². The van der Waals surface area contributed by atoms with Gasteiger partial charge in [0.2, 0.25) is 0 Å². The molecule has 2 aromatic carbocycles. The fraction of sp³-hybridized carbons (Fsp3) is 0.458. The first kappa shape index (κ1) is 22.1. The number of piperidine rings is 1. The van der Waals surface area contributed by atoms with Crippen molar-refractivity contribution < 1.29 is 19.4 Å². The first-order valence-electron chi connectivity index (χ1n) is 10.6. The van der Waals surface area contributed by atoms with Gasteiger partial charge in [-0.3, -0.25) is 9.69 Å². The lowest BCUT2D eigenvalue weighted by Crippen LogP contribution is -2.35. The summed E-state index contributed by atoms with van der Waals surface area (Å²) in [6, 6.07) is 13.5. The molecule has 1 saturated heterocycles. The minimum absolute atomic E-state index is 0.0306. The second kappa shape index (κ2) is 10.5. The number of hydrogen-bond acceptors (Lipinski definition) is 5. The highest BCUT2D eigenvalue weighted by molar-refractivity contribution is 5.94. The third kappa shape index (κ3) is 6.21. The Balaban J connectivity index is 1.53. The summed E-state index contributed by atoms with van der Waals surface area (Å²) in [5.41, 5.74) is 2.83. The van der Waals surface area contributed by atoms with Crippen molar-refractivity contribution in [1.29, 1.82) is 0 Å². The number of methoxy groups -OCH3 is 1. The minimum atomic E-state index is -0.152. The monoisotopic (exact) mass is 412 g/mol. The Morgan fingerprint density at radius 3 is 2.40 bits per heavy atom. The molecule has 6 nitrogen and oxygen atoms in total. The summed E-state index contributed by atoms with van der Waals surface area (Å²) in [7, 11) is 1.57. The van der Waals surface area contributed by atoms with Crippen LogP contribution in [0.15, 0.2) is 42.5 Å². The van der Waals surface area contributed by atoms with Crippen LogP contribution in [0.1, 0.15) is 48.2 Å². The standard InChI is InChI=1S/C24H32N2O4/c1-17(2)30-22-9-8-20(14-23(22)29-3)24(28)25-15-18-4-6-19(7-5-18)16-26-12-10-21(27)11-13-26/h4-9,14,17,21,27H,10-13,15-16H2,1-3H3,(H,25,28). The van der Waals surface area contributed by atoms with Crippen molar-refractivity contribution in [2.75, 3.05) is 20.2 Å². The number of ether oxygens (including phenoxy) is 2. The fourth-order valence-corrected chi connectivity index (χ4v) is 3.54. The van der Waals surface area contributed by atoms with Crippen molar-refractivity contribution >= 4 is 5.91 Å². The molecule has 6 heteroatoms. The summed E-state index contributed by atoms with van der Waals surface area (Å²) in [6.45, 7) is 7.11. The van der Waals surface area contributed by atoms with Crippen molar-refractivity contribution in [3.63, 3.8) is 0 Å². The van der Waals surface area contributed by atoms with E-state index >= 15 is 0 Å². The van der Waals surface area contributed by atoms with Gasteiger partial charge in [0.15, 0.2) is 11.5 Å². The molecule has 1 aliphatic heterocycles. The number of amides is 1. The molecule has 0 aromatic heterocycles. The molecule has 0 saturated carbocycles. The molecule has 30 heavy (non-hydrogen) atoms. The molecule has 1 aliphatic rings. The molecule has 162 valence electrons. The molecule has 0 radical (unpaired) electrons. The van der Waals surface area contributed by atoms with Gasteiger partial charge in [-0.25, -0.2) is 0 Å². The highest BCUT2D eigenvalue weighted by Gasteiger charge is 2.17. The maximum absolute atomic E-state index is 12.5. The number of hydrogen-bond donors (Lipinski definition) is 2. The van der Waals surface area contributed by atoms with E-state index in [1.54, 1.807) is 25.3 Å². The number of carbonyl (C=O) groups excluding carboxylic acids is 1. The van der Waals surface area contributed by atoms with Crippen LogP contribution in [-0.2, 0) is 13.1 Å². The number of nitrogens with zero attached hydrogens (tertiary/aromatic N) is 1. The van der Waals surface area contributed by atoms with Crippen molar-refractivity contribution in [2.45, 2.75) is 52.0 Å². The van der Waals surface area contributed by atoms with Gasteiger partial charge in [-0.05, 0) is 56.0 Å². The molecule has 1 heterocycles. The topological polar surface area (TPSA) is 71.0 Å². The predicted octanol–water partition coefficient (Wildman–Crippen LogP) is 3.37. The number of aliphatic hydroxyl groups is 1. The molecular weight excluding hydrogens is 380 g/mol. The molecular formula is C24H32N2O4. The van der Waals surface area contributed by atoms with Gasteiger partial charge in [0, 0.05) is 31.7 Å². The zero-order valence-corrected chi connectivity index (χ0v) is 18.1. The number of likely N-dealkylation sites (tertiary alicyclic amines) is 1. The van der Waals surface area contributed by atoms with Crippen LogP contribution in [0.5, 0.6) is 11.5 Å². The molecule has 1 fully saturated rings. The lowest BCUT2D eigenvalue weighted by molar-refractivity contribution is 0.0792. The summed E-state index contributed by atoms with van der Waals surface area (Å²) in [6.07, 6.45) is 1.58. The average Bonchev–Trinajstić information content (AvgIpc) is 2.74. The van der Waals surface area contributed by atoms with E-state index in [0.29, 0.717) is 23.6 Å². The van der Waals surface area contributed by atoms with E-state index in [1.165, 1.54) is 5.56 Å². The zero-order chi connectivity index (χ0) is 21.5. The number of rotatable bonds is 8. The Morgan fingerprint density at radius 1 is 1.10 bits per heavy atom. The lowest BCUT2D eigenvalue weighted by Gasteiger charge is -2.29. The SMILES string of the molecule is COc1cc(C(=O)NCc2ccc(CN3CCC(O)CC3)cc2)ccc1OC(C)C. The van der Waals surface area contributed by atoms with Crippen LogP contribution in [0.25, 0.3) is 0 Å². The minimum Gasteiger partial charge on any atom is -0.493 e. The third-order valence-electron chi connectivity index (χ3n) is 5.23. The van der Waals surface area contributed by atoms with E-state index in [1.807, 2.05) is 13.8 Å². The van der Waals surface area contributed by atoms with Crippen molar-refractivity contribution in [1.82, 2.24) is 10.2 Å². The van der Waals surface area contributed by atoms with Gasteiger partial charge in [0.1, 0.15) is 0 Å². The summed E-state index contributed by atoms with van der Waals surface area (Å²) in [5.74, 6) is 1.02. The van der Waals surface area contributed by atoms with Gasteiger partial charge < -0.3 is 19.9 Å².